The van der Waals surface area contributed by atoms with Gasteiger partial charge in [0.1, 0.15) is 11.7 Å². The highest BCUT2D eigenvalue weighted by Crippen LogP contribution is 2.43. The summed E-state index contributed by atoms with van der Waals surface area (Å²) in [5, 5.41) is 19.1. The van der Waals surface area contributed by atoms with Gasteiger partial charge in [0.25, 0.3) is 0 Å². The van der Waals surface area contributed by atoms with Crippen LogP contribution < -0.4 is 5.43 Å². The Morgan fingerprint density at radius 1 is 0.952 bits per heavy atom. The van der Waals surface area contributed by atoms with Gasteiger partial charge in [0.05, 0.1) is 23.9 Å². The molecule has 2 aromatic carbocycles. The van der Waals surface area contributed by atoms with E-state index in [1.54, 1.807) is 13.8 Å². The molecule has 1 aliphatic carbocycles. The lowest BCUT2D eigenvalue weighted by Crippen LogP contribution is -2.41. The van der Waals surface area contributed by atoms with E-state index >= 15 is 0 Å². The van der Waals surface area contributed by atoms with Crippen LogP contribution in [0.4, 0.5) is 5.82 Å². The van der Waals surface area contributed by atoms with Gasteiger partial charge in [0.2, 0.25) is 0 Å². The largest absolute Gasteiger partial charge is 0.511 e. The molecule has 0 saturated carbocycles. The van der Waals surface area contributed by atoms with Crippen molar-refractivity contribution in [2.75, 3.05) is 12.5 Å². The molecule has 0 amide bonds. The van der Waals surface area contributed by atoms with E-state index in [2.05, 4.69) is 18.4 Å². The van der Waals surface area contributed by atoms with E-state index in [0.717, 1.165) is 40.9 Å². The van der Waals surface area contributed by atoms with Crippen molar-refractivity contribution in [3.8, 4) is 0 Å². The monoisotopic (exact) mass is 571 g/mol. The van der Waals surface area contributed by atoms with Crippen LogP contribution in [0.5, 0.6) is 0 Å². The number of aromatic nitrogens is 1. The molecule has 2 N–H and O–H groups in total. The van der Waals surface area contributed by atoms with Crippen molar-refractivity contribution in [1.82, 2.24) is 4.98 Å². The lowest BCUT2D eigenvalue weighted by molar-refractivity contribution is -0.150. The summed E-state index contributed by atoms with van der Waals surface area (Å²) in [5.74, 6) is -1.40. The molecule has 1 aromatic heterocycles. The molecule has 4 rings (SSSR count). The van der Waals surface area contributed by atoms with E-state index in [4.69, 9.17) is 14.8 Å². The van der Waals surface area contributed by atoms with Crippen LogP contribution in [-0.4, -0.2) is 34.7 Å². The number of esters is 1. The van der Waals surface area contributed by atoms with E-state index in [1.807, 2.05) is 42.5 Å². The number of carbonyl (C=O) groups is 2. The minimum Gasteiger partial charge on any atom is -0.511 e. The number of rotatable bonds is 14. The van der Waals surface area contributed by atoms with Crippen molar-refractivity contribution in [2.45, 2.75) is 91.4 Å². The molecular formula is C35H45N3O4. The molecule has 0 spiro atoms. The molecule has 7 nitrogen and oxygen atoms in total. The molecule has 1 atom stereocenters. The zero-order valence-corrected chi connectivity index (χ0v) is 25.5. The average molecular weight is 572 g/mol. The minimum atomic E-state index is -0.942. The Hall–Kier alpha value is -3.74. The fraction of sp³-hybridized carbons (Fsp3) is 0.486. The summed E-state index contributed by atoms with van der Waals surface area (Å²) >= 11 is 0. The number of aliphatic hydroxyl groups excluding tert-OH is 1. The molecule has 0 fully saturated rings. The average Bonchev–Trinajstić information content (AvgIpc) is 2.97. The van der Waals surface area contributed by atoms with Gasteiger partial charge in [-0.15, -0.1) is 0 Å². The van der Waals surface area contributed by atoms with Crippen LogP contribution in [0.1, 0.15) is 91.4 Å². The van der Waals surface area contributed by atoms with Crippen molar-refractivity contribution in [3.63, 3.8) is 0 Å². The summed E-state index contributed by atoms with van der Waals surface area (Å²) in [6.07, 6.45) is 11.1. The van der Waals surface area contributed by atoms with Crippen molar-refractivity contribution in [1.29, 1.82) is 0 Å². The number of anilines is 1. The molecule has 1 aliphatic rings. The van der Waals surface area contributed by atoms with E-state index < -0.39 is 17.3 Å². The molecule has 1 heterocycles. The van der Waals surface area contributed by atoms with E-state index in [1.165, 1.54) is 45.6 Å². The molecule has 7 heteroatoms. The summed E-state index contributed by atoms with van der Waals surface area (Å²) in [5.41, 5.74) is 3.77. The smallest absolute Gasteiger partial charge is 0.316 e. The van der Waals surface area contributed by atoms with Crippen LogP contribution in [0.25, 0.3) is 21.7 Å². The highest BCUT2D eigenvalue weighted by molar-refractivity contribution is 6.24. The van der Waals surface area contributed by atoms with Crippen molar-refractivity contribution in [3.05, 3.63) is 59.9 Å². The second kappa shape index (κ2) is 14.4. The lowest BCUT2D eigenvalue weighted by atomic mass is 9.67. The SMILES string of the molecule is CCCCCCCCCCCC(=NNc1nc2ccccc2c2ccccc12)C1=C(O)[C@H](C(=O)OC)C(C)(C)CC1=O. The number of ketones is 1. The summed E-state index contributed by atoms with van der Waals surface area (Å²) < 4.78 is 5.03. The van der Waals surface area contributed by atoms with Gasteiger partial charge >= 0.3 is 5.97 Å². The Bertz CT molecular complexity index is 1470. The topological polar surface area (TPSA) is 101 Å². The molecule has 0 radical (unpaired) electrons. The maximum absolute atomic E-state index is 13.5. The van der Waals surface area contributed by atoms with Crippen LogP contribution in [0.15, 0.2) is 65.0 Å². The first-order valence-corrected chi connectivity index (χ1v) is 15.4. The molecule has 0 bridgehead atoms. The molecule has 42 heavy (non-hydrogen) atoms. The number of carbonyl (C=O) groups excluding carboxylic acids is 2. The van der Waals surface area contributed by atoms with Crippen LogP contribution in [0.2, 0.25) is 0 Å². The number of unbranched alkanes of at least 4 members (excludes halogenated alkanes) is 8. The van der Waals surface area contributed by atoms with Gasteiger partial charge < -0.3 is 9.84 Å². The Morgan fingerprint density at radius 2 is 1.55 bits per heavy atom. The van der Waals surface area contributed by atoms with E-state index in [-0.39, 0.29) is 23.5 Å². The number of aliphatic hydroxyl groups is 1. The van der Waals surface area contributed by atoms with E-state index in [0.29, 0.717) is 18.0 Å². The number of nitrogens with zero attached hydrogens (tertiary/aromatic N) is 2. The standard InChI is InChI=1S/C35H45N3O4/c1-5-6-7-8-9-10-11-12-13-22-28(30-29(39)23-35(2,3)31(32(30)40)34(41)42-4)37-38-33-26-20-15-14-18-24(26)25-19-16-17-21-27(25)36-33/h14-21,31,40H,5-13,22-23H2,1-4H3,(H,36,38)/t31-/m1/s1. The number of ether oxygens (including phenoxy) is 1. The molecule has 0 unspecified atom stereocenters. The summed E-state index contributed by atoms with van der Waals surface area (Å²) in [6.45, 7) is 5.84. The third kappa shape index (κ3) is 7.18. The number of hydrogen-bond acceptors (Lipinski definition) is 7. The van der Waals surface area contributed by atoms with Gasteiger partial charge in [0.15, 0.2) is 11.6 Å². The summed E-state index contributed by atoms with van der Waals surface area (Å²) in [4.78, 5) is 31.1. The Balaban J connectivity index is 1.64. The zero-order chi connectivity index (χ0) is 30.1. The highest BCUT2D eigenvalue weighted by atomic mass is 16.5. The van der Waals surface area contributed by atoms with Crippen LogP contribution in [-0.2, 0) is 14.3 Å². The van der Waals surface area contributed by atoms with Crippen molar-refractivity contribution in [2.24, 2.45) is 16.4 Å². The predicted octanol–water partition coefficient (Wildman–Crippen LogP) is 8.68. The first-order chi connectivity index (χ1) is 20.3. The van der Waals surface area contributed by atoms with Crippen molar-refractivity contribution < 1.29 is 19.4 Å². The highest BCUT2D eigenvalue weighted by Gasteiger charge is 2.47. The van der Waals surface area contributed by atoms with Crippen LogP contribution in [0.3, 0.4) is 0 Å². The number of methoxy groups -OCH3 is 1. The van der Waals surface area contributed by atoms with Crippen molar-refractivity contribution >= 4 is 45.0 Å². The zero-order valence-electron chi connectivity index (χ0n) is 25.5. The third-order valence-corrected chi connectivity index (χ3v) is 8.35. The molecule has 3 aromatic rings. The minimum absolute atomic E-state index is 0.111. The van der Waals surface area contributed by atoms with Crippen LogP contribution >= 0.6 is 0 Å². The quantitative estimate of drug-likeness (QED) is 0.0660. The predicted molar refractivity (Wildman–Crippen MR) is 171 cm³/mol. The fourth-order valence-electron chi connectivity index (χ4n) is 6.07. The second-order valence-corrected chi connectivity index (χ2v) is 12.1. The van der Waals surface area contributed by atoms with E-state index in [9.17, 15) is 14.7 Å². The number of nitrogens with one attached hydrogen (secondary N) is 1. The Morgan fingerprint density at radius 3 is 2.21 bits per heavy atom. The third-order valence-electron chi connectivity index (χ3n) is 8.35. The Kier molecular flexibility index (Phi) is 10.7. The second-order valence-electron chi connectivity index (χ2n) is 12.1. The molecule has 0 saturated heterocycles. The lowest BCUT2D eigenvalue weighted by Gasteiger charge is -2.36. The van der Waals surface area contributed by atoms with Gasteiger partial charge in [-0.2, -0.15) is 5.10 Å². The Labute approximate surface area is 249 Å². The first kappa shape index (κ1) is 31.2. The molecule has 0 aliphatic heterocycles. The summed E-state index contributed by atoms with van der Waals surface area (Å²) in [6, 6.07) is 15.9. The number of allylic oxidation sites excluding steroid dienone is 1. The molecule has 224 valence electrons. The first-order valence-electron chi connectivity index (χ1n) is 15.4. The molecular weight excluding hydrogens is 526 g/mol. The number of pyridine rings is 1. The number of hydrogen-bond donors (Lipinski definition) is 2. The van der Waals surface area contributed by atoms with Gasteiger partial charge in [-0.1, -0.05) is 115 Å². The fourth-order valence-corrected chi connectivity index (χ4v) is 6.07. The number of hydrazone groups is 1. The normalized spacial score (nSPS) is 17.2. The van der Waals surface area contributed by atoms with Gasteiger partial charge in [-0.3, -0.25) is 15.0 Å². The summed E-state index contributed by atoms with van der Waals surface area (Å²) in [7, 11) is 1.30. The van der Waals surface area contributed by atoms with Crippen LogP contribution in [0, 0.1) is 11.3 Å². The van der Waals surface area contributed by atoms with Gasteiger partial charge in [-0.25, -0.2) is 4.98 Å². The number of benzene rings is 2. The van der Waals surface area contributed by atoms with Gasteiger partial charge in [-0.05, 0) is 29.7 Å². The number of fused-ring (bicyclic) bond motifs is 3. The maximum atomic E-state index is 13.5. The number of Topliss-reactive ketones (excluding diaryl/α,β-unsaturated/α-hetero) is 1. The number of para-hydroxylation sites is 1. The van der Waals surface area contributed by atoms with Gasteiger partial charge in [0, 0.05) is 17.2 Å². The maximum Gasteiger partial charge on any atom is 0.316 e.